The van der Waals surface area contributed by atoms with E-state index in [1.165, 1.54) is 12.1 Å². The maximum atomic E-state index is 13.6. The van der Waals surface area contributed by atoms with Gasteiger partial charge in [-0.15, -0.1) is 12.4 Å². The molecule has 3 nitrogen and oxygen atoms in total. The minimum atomic E-state index is -0.901. The van der Waals surface area contributed by atoms with Gasteiger partial charge in [-0.3, -0.25) is 4.79 Å². The molecular formula is C16H21ClF2N2O. The predicted molar refractivity (Wildman–Crippen MR) is 83.0 cm³/mol. The molecule has 3 rings (SSSR count). The SMILES string of the molecule is Cl.O=C(Cc1cccc(F)c1F)N1CC[C@@H]2CNC[C@@H]2CC1. The van der Waals surface area contributed by atoms with Crippen molar-refractivity contribution in [3.05, 3.63) is 35.4 Å². The average Bonchev–Trinajstić information content (AvgIpc) is 2.82. The first-order chi connectivity index (χ1) is 10.1. The summed E-state index contributed by atoms with van der Waals surface area (Å²) in [5.41, 5.74) is 0.145. The Hall–Kier alpha value is -1.20. The predicted octanol–water partition coefficient (Wildman–Crippen LogP) is 2.39. The summed E-state index contributed by atoms with van der Waals surface area (Å²) in [4.78, 5) is 14.1. The lowest BCUT2D eigenvalue weighted by Crippen LogP contribution is -2.34. The maximum Gasteiger partial charge on any atom is 0.227 e. The van der Waals surface area contributed by atoms with Crippen LogP contribution in [0.2, 0.25) is 0 Å². The summed E-state index contributed by atoms with van der Waals surface area (Å²) in [6.45, 7) is 3.51. The molecule has 1 N–H and O–H groups in total. The van der Waals surface area contributed by atoms with E-state index in [4.69, 9.17) is 0 Å². The molecule has 2 aliphatic rings. The van der Waals surface area contributed by atoms with Gasteiger partial charge in [-0.1, -0.05) is 12.1 Å². The van der Waals surface area contributed by atoms with Crippen molar-refractivity contribution in [3.63, 3.8) is 0 Å². The van der Waals surface area contributed by atoms with Crippen molar-refractivity contribution >= 4 is 18.3 Å². The van der Waals surface area contributed by atoms with Gasteiger partial charge in [0.15, 0.2) is 11.6 Å². The summed E-state index contributed by atoms with van der Waals surface area (Å²) in [5.74, 6) is -0.603. The zero-order valence-corrected chi connectivity index (χ0v) is 13.2. The molecule has 0 aromatic heterocycles. The summed E-state index contributed by atoms with van der Waals surface area (Å²) < 4.78 is 26.8. The molecule has 6 heteroatoms. The minimum Gasteiger partial charge on any atom is -0.342 e. The molecule has 22 heavy (non-hydrogen) atoms. The van der Waals surface area contributed by atoms with E-state index in [0.717, 1.165) is 45.1 Å². The monoisotopic (exact) mass is 330 g/mol. The Morgan fingerprint density at radius 3 is 2.45 bits per heavy atom. The molecule has 0 saturated carbocycles. The minimum absolute atomic E-state index is 0. The fourth-order valence-corrected chi connectivity index (χ4v) is 3.43. The van der Waals surface area contributed by atoms with Crippen LogP contribution in [0.1, 0.15) is 18.4 Å². The number of hydrogen-bond donors (Lipinski definition) is 1. The second-order valence-electron chi connectivity index (χ2n) is 6.03. The Bertz CT molecular complexity index is 527. The van der Waals surface area contributed by atoms with Crippen molar-refractivity contribution in [2.45, 2.75) is 19.3 Å². The summed E-state index contributed by atoms with van der Waals surface area (Å²) in [6, 6.07) is 4.00. The summed E-state index contributed by atoms with van der Waals surface area (Å²) in [6.07, 6.45) is 1.93. The standard InChI is InChI=1S/C16H20F2N2O.ClH/c17-14-3-1-2-11(16(14)18)8-15(21)20-6-4-12-9-19-10-13(12)5-7-20;/h1-3,12-13,19H,4-10H2;1H/t12-,13+;. The Morgan fingerprint density at radius 2 is 1.82 bits per heavy atom. The number of carbonyl (C=O) groups is 1. The molecular weight excluding hydrogens is 310 g/mol. The third-order valence-corrected chi connectivity index (χ3v) is 4.75. The van der Waals surface area contributed by atoms with Crippen molar-refractivity contribution in [2.24, 2.45) is 11.8 Å². The Balaban J connectivity index is 0.00000176. The topological polar surface area (TPSA) is 32.3 Å². The summed E-state index contributed by atoms with van der Waals surface area (Å²) >= 11 is 0. The average molecular weight is 331 g/mol. The van der Waals surface area contributed by atoms with Crippen LogP contribution < -0.4 is 5.32 Å². The van der Waals surface area contributed by atoms with Crippen molar-refractivity contribution < 1.29 is 13.6 Å². The number of nitrogens with one attached hydrogen (secondary N) is 1. The molecule has 2 aliphatic heterocycles. The van der Waals surface area contributed by atoms with Crippen molar-refractivity contribution in [1.82, 2.24) is 10.2 Å². The van der Waals surface area contributed by atoms with Gasteiger partial charge in [-0.05, 0) is 43.8 Å². The van der Waals surface area contributed by atoms with Gasteiger partial charge in [0.2, 0.25) is 5.91 Å². The molecule has 0 unspecified atom stereocenters. The summed E-state index contributed by atoms with van der Waals surface area (Å²) in [7, 11) is 0. The molecule has 2 heterocycles. The molecule has 1 amide bonds. The van der Waals surface area contributed by atoms with Crippen LogP contribution in [-0.2, 0) is 11.2 Å². The largest absolute Gasteiger partial charge is 0.342 e. The van der Waals surface area contributed by atoms with Gasteiger partial charge in [0.05, 0.1) is 6.42 Å². The van der Waals surface area contributed by atoms with Gasteiger partial charge in [0.25, 0.3) is 0 Å². The normalized spacial score (nSPS) is 24.4. The number of rotatable bonds is 2. The molecule has 0 radical (unpaired) electrons. The van der Waals surface area contributed by atoms with Gasteiger partial charge in [0.1, 0.15) is 0 Å². The Labute approximate surface area is 135 Å². The highest BCUT2D eigenvalue weighted by Gasteiger charge is 2.31. The second kappa shape index (κ2) is 7.38. The Morgan fingerprint density at radius 1 is 1.18 bits per heavy atom. The fourth-order valence-electron chi connectivity index (χ4n) is 3.43. The number of fused-ring (bicyclic) bond motifs is 1. The fraction of sp³-hybridized carbons (Fsp3) is 0.562. The van der Waals surface area contributed by atoms with Gasteiger partial charge in [-0.2, -0.15) is 0 Å². The van der Waals surface area contributed by atoms with Crippen LogP contribution in [0.5, 0.6) is 0 Å². The van der Waals surface area contributed by atoms with Crippen LogP contribution in [0.15, 0.2) is 18.2 Å². The van der Waals surface area contributed by atoms with Crippen molar-refractivity contribution in [1.29, 1.82) is 0 Å². The van der Waals surface area contributed by atoms with Gasteiger partial charge >= 0.3 is 0 Å². The maximum absolute atomic E-state index is 13.6. The molecule has 122 valence electrons. The lowest BCUT2D eigenvalue weighted by atomic mass is 9.92. The van der Waals surface area contributed by atoms with Gasteiger partial charge in [0, 0.05) is 18.7 Å². The van der Waals surface area contributed by atoms with Crippen LogP contribution in [0.3, 0.4) is 0 Å². The first-order valence-corrected chi connectivity index (χ1v) is 7.56. The van der Waals surface area contributed by atoms with E-state index in [-0.39, 0.29) is 30.3 Å². The smallest absolute Gasteiger partial charge is 0.227 e. The van der Waals surface area contributed by atoms with Crippen LogP contribution in [-0.4, -0.2) is 37.0 Å². The first-order valence-electron chi connectivity index (χ1n) is 7.56. The van der Waals surface area contributed by atoms with Gasteiger partial charge in [-0.25, -0.2) is 8.78 Å². The second-order valence-corrected chi connectivity index (χ2v) is 6.03. The van der Waals surface area contributed by atoms with Crippen LogP contribution in [0.25, 0.3) is 0 Å². The van der Waals surface area contributed by atoms with E-state index in [1.54, 1.807) is 0 Å². The molecule has 0 bridgehead atoms. The molecule has 2 atom stereocenters. The van der Waals surface area contributed by atoms with E-state index < -0.39 is 11.6 Å². The van der Waals surface area contributed by atoms with Crippen LogP contribution >= 0.6 is 12.4 Å². The zero-order chi connectivity index (χ0) is 14.8. The first kappa shape index (κ1) is 17.2. The van der Waals surface area contributed by atoms with E-state index in [2.05, 4.69) is 5.32 Å². The number of likely N-dealkylation sites (tertiary alicyclic amines) is 1. The third kappa shape index (κ3) is 3.58. The quantitative estimate of drug-likeness (QED) is 0.903. The molecule has 0 spiro atoms. The lowest BCUT2D eigenvalue weighted by molar-refractivity contribution is -0.130. The molecule has 0 aliphatic carbocycles. The summed E-state index contributed by atoms with van der Waals surface area (Å²) in [5, 5.41) is 3.39. The van der Waals surface area contributed by atoms with Crippen molar-refractivity contribution in [2.75, 3.05) is 26.2 Å². The molecule has 1 aromatic carbocycles. The number of carbonyl (C=O) groups excluding carboxylic acids is 1. The van der Waals surface area contributed by atoms with E-state index in [1.807, 2.05) is 4.90 Å². The number of amides is 1. The van der Waals surface area contributed by atoms with E-state index in [9.17, 15) is 13.6 Å². The highest BCUT2D eigenvalue weighted by molar-refractivity contribution is 5.85. The lowest BCUT2D eigenvalue weighted by Gasteiger charge is -2.21. The highest BCUT2D eigenvalue weighted by Crippen LogP contribution is 2.27. The molecule has 1 aromatic rings. The van der Waals surface area contributed by atoms with Crippen LogP contribution in [0.4, 0.5) is 8.78 Å². The van der Waals surface area contributed by atoms with Crippen LogP contribution in [0, 0.1) is 23.5 Å². The van der Waals surface area contributed by atoms with Gasteiger partial charge < -0.3 is 10.2 Å². The Kier molecular flexibility index (Phi) is 5.75. The molecule has 2 fully saturated rings. The van der Waals surface area contributed by atoms with E-state index in [0.29, 0.717) is 11.8 Å². The highest BCUT2D eigenvalue weighted by atomic mass is 35.5. The van der Waals surface area contributed by atoms with E-state index >= 15 is 0 Å². The zero-order valence-electron chi connectivity index (χ0n) is 12.4. The number of halogens is 3. The van der Waals surface area contributed by atoms with Crippen molar-refractivity contribution in [3.8, 4) is 0 Å². The number of benzene rings is 1. The molecule has 2 saturated heterocycles. The third-order valence-electron chi connectivity index (χ3n) is 4.75. The number of hydrogen-bond acceptors (Lipinski definition) is 2. The number of nitrogens with zero attached hydrogens (tertiary/aromatic N) is 1.